The van der Waals surface area contributed by atoms with Crippen LogP contribution >= 0.6 is 11.3 Å². The van der Waals surface area contributed by atoms with Crippen molar-refractivity contribution in [1.82, 2.24) is 15.0 Å². The van der Waals surface area contributed by atoms with Crippen LogP contribution in [-0.4, -0.2) is 15.0 Å². The third-order valence-corrected chi connectivity index (χ3v) is 4.84. The lowest BCUT2D eigenvalue weighted by atomic mass is 10.2. The van der Waals surface area contributed by atoms with Crippen LogP contribution in [0.2, 0.25) is 0 Å². The Kier molecular flexibility index (Phi) is 2.87. The number of rotatable bonds is 2. The summed E-state index contributed by atoms with van der Waals surface area (Å²) < 4.78 is 5.50. The van der Waals surface area contributed by atoms with Crippen molar-refractivity contribution < 1.29 is 4.42 Å². The van der Waals surface area contributed by atoms with Crippen LogP contribution in [0.3, 0.4) is 0 Å². The molecule has 3 heterocycles. The Morgan fingerprint density at radius 1 is 1.14 bits per heavy atom. The first-order chi connectivity index (χ1) is 10.6. The highest BCUT2D eigenvalue weighted by Crippen LogP contribution is 2.34. The first-order valence-electron chi connectivity index (χ1n) is 6.97. The van der Waals surface area contributed by atoms with E-state index in [0.29, 0.717) is 5.89 Å². The highest BCUT2D eigenvalue weighted by Gasteiger charge is 2.12. The summed E-state index contributed by atoms with van der Waals surface area (Å²) in [6, 6.07) is 5.85. The van der Waals surface area contributed by atoms with Gasteiger partial charge in [0, 0.05) is 17.5 Å². The van der Waals surface area contributed by atoms with E-state index in [9.17, 15) is 0 Å². The predicted octanol–water partition coefficient (Wildman–Crippen LogP) is 4.50. The molecule has 5 nitrogen and oxygen atoms in total. The highest BCUT2D eigenvalue weighted by molar-refractivity contribution is 7.18. The van der Waals surface area contributed by atoms with Gasteiger partial charge in [-0.2, -0.15) is 0 Å². The number of hydrogen-bond acceptors (Lipinski definition) is 6. The molecule has 6 heteroatoms. The molecule has 0 atom stereocenters. The number of oxazole rings is 1. The van der Waals surface area contributed by atoms with E-state index in [1.165, 1.54) is 10.4 Å². The summed E-state index contributed by atoms with van der Waals surface area (Å²) in [6.07, 6.45) is 1.60. The quantitative estimate of drug-likeness (QED) is 0.590. The van der Waals surface area contributed by atoms with Crippen molar-refractivity contribution in [2.24, 2.45) is 0 Å². The van der Waals surface area contributed by atoms with Gasteiger partial charge in [0.15, 0.2) is 11.5 Å². The summed E-state index contributed by atoms with van der Waals surface area (Å²) in [7, 11) is 0. The molecule has 3 aromatic heterocycles. The minimum absolute atomic E-state index is 0.667. The van der Waals surface area contributed by atoms with Crippen molar-refractivity contribution in [3.05, 3.63) is 40.9 Å². The second-order valence-corrected chi connectivity index (χ2v) is 6.43. The Morgan fingerprint density at radius 2 is 2.00 bits per heavy atom. The molecule has 0 saturated carbocycles. The molecule has 22 heavy (non-hydrogen) atoms. The maximum atomic E-state index is 5.50. The lowest BCUT2D eigenvalue weighted by Crippen LogP contribution is -1.95. The van der Waals surface area contributed by atoms with E-state index in [4.69, 9.17) is 4.42 Å². The van der Waals surface area contributed by atoms with Gasteiger partial charge in [0.05, 0.1) is 5.39 Å². The van der Waals surface area contributed by atoms with Gasteiger partial charge in [-0.05, 0) is 37.6 Å². The van der Waals surface area contributed by atoms with Crippen LogP contribution in [0.15, 0.2) is 28.9 Å². The van der Waals surface area contributed by atoms with E-state index in [0.717, 1.165) is 32.8 Å². The molecule has 0 spiro atoms. The van der Waals surface area contributed by atoms with Gasteiger partial charge in [0.1, 0.15) is 22.5 Å². The molecule has 0 saturated heterocycles. The third-order valence-electron chi connectivity index (χ3n) is 3.72. The topological polar surface area (TPSA) is 63.8 Å². The Balaban J connectivity index is 1.81. The van der Waals surface area contributed by atoms with Gasteiger partial charge in [-0.3, -0.25) is 0 Å². The zero-order valence-corrected chi connectivity index (χ0v) is 13.3. The Hall–Kier alpha value is -2.47. The molecule has 0 bridgehead atoms. The lowest BCUT2D eigenvalue weighted by Gasteiger charge is -2.07. The Morgan fingerprint density at radius 3 is 2.86 bits per heavy atom. The summed E-state index contributed by atoms with van der Waals surface area (Å²) in [5, 5.41) is 4.46. The molecule has 0 unspecified atom stereocenters. The largest absolute Gasteiger partial charge is 0.441 e. The molecule has 1 aromatic carbocycles. The summed E-state index contributed by atoms with van der Waals surface area (Å²) in [4.78, 5) is 15.4. The molecule has 1 N–H and O–H groups in total. The van der Waals surface area contributed by atoms with E-state index in [-0.39, 0.29) is 0 Å². The maximum absolute atomic E-state index is 5.50. The fourth-order valence-corrected chi connectivity index (χ4v) is 3.53. The zero-order chi connectivity index (χ0) is 15.3. The van der Waals surface area contributed by atoms with Crippen LogP contribution in [0.25, 0.3) is 21.3 Å². The zero-order valence-electron chi connectivity index (χ0n) is 12.5. The number of aromatic nitrogens is 3. The molecule has 4 aromatic rings. The van der Waals surface area contributed by atoms with E-state index in [1.807, 2.05) is 25.1 Å². The Labute approximate surface area is 131 Å². The van der Waals surface area contributed by atoms with Crippen molar-refractivity contribution in [3.63, 3.8) is 0 Å². The fourth-order valence-electron chi connectivity index (χ4n) is 2.53. The van der Waals surface area contributed by atoms with Gasteiger partial charge in [-0.1, -0.05) is 0 Å². The second-order valence-electron chi connectivity index (χ2n) is 5.23. The van der Waals surface area contributed by atoms with Gasteiger partial charge in [-0.25, -0.2) is 15.0 Å². The molecular weight excluding hydrogens is 296 g/mol. The van der Waals surface area contributed by atoms with E-state index in [1.54, 1.807) is 17.7 Å². The minimum Gasteiger partial charge on any atom is -0.441 e. The van der Waals surface area contributed by atoms with Crippen LogP contribution in [0, 0.1) is 20.8 Å². The first kappa shape index (κ1) is 13.2. The maximum Gasteiger partial charge on any atom is 0.192 e. The smallest absolute Gasteiger partial charge is 0.192 e. The van der Waals surface area contributed by atoms with Crippen molar-refractivity contribution in [2.45, 2.75) is 20.8 Å². The average Bonchev–Trinajstić information content (AvgIpc) is 2.99. The van der Waals surface area contributed by atoms with Crippen molar-refractivity contribution in [2.75, 3.05) is 5.32 Å². The molecule has 4 rings (SSSR count). The van der Waals surface area contributed by atoms with Crippen LogP contribution in [0.5, 0.6) is 0 Å². The number of thiophene rings is 1. The van der Waals surface area contributed by atoms with Crippen molar-refractivity contribution >= 4 is 44.2 Å². The molecule has 0 fully saturated rings. The van der Waals surface area contributed by atoms with Gasteiger partial charge < -0.3 is 9.73 Å². The number of fused-ring (bicyclic) bond motifs is 2. The molecule has 110 valence electrons. The van der Waals surface area contributed by atoms with E-state index < -0.39 is 0 Å². The van der Waals surface area contributed by atoms with Crippen LogP contribution < -0.4 is 5.32 Å². The normalized spacial score (nSPS) is 11.4. The minimum atomic E-state index is 0.667. The second kappa shape index (κ2) is 4.78. The van der Waals surface area contributed by atoms with Gasteiger partial charge in [0.25, 0.3) is 0 Å². The third kappa shape index (κ3) is 2.03. The van der Waals surface area contributed by atoms with Gasteiger partial charge in [-0.15, -0.1) is 11.3 Å². The predicted molar refractivity (Wildman–Crippen MR) is 88.9 cm³/mol. The van der Waals surface area contributed by atoms with Crippen molar-refractivity contribution in [1.29, 1.82) is 0 Å². The summed E-state index contributed by atoms with van der Waals surface area (Å²) in [6.45, 7) is 6.06. The molecule has 0 radical (unpaired) electrons. The molecule has 0 aliphatic carbocycles. The van der Waals surface area contributed by atoms with Crippen LogP contribution in [0.1, 0.15) is 16.3 Å². The first-order valence-corrected chi connectivity index (χ1v) is 7.78. The van der Waals surface area contributed by atoms with Crippen LogP contribution in [0.4, 0.5) is 11.5 Å². The molecular formula is C16H14N4OS. The standard InChI is InChI=1S/C16H14N4OS/c1-8-9(2)22-16-14(8)15(17-7-18-16)20-11-4-5-13-12(6-11)19-10(3)21-13/h4-7H,1-3H3,(H,17,18,20). The molecule has 0 amide bonds. The fraction of sp³-hybridized carbons (Fsp3) is 0.188. The summed E-state index contributed by atoms with van der Waals surface area (Å²) in [5.41, 5.74) is 3.79. The molecule has 0 aliphatic heterocycles. The number of nitrogens with one attached hydrogen (secondary N) is 1. The van der Waals surface area contributed by atoms with Gasteiger partial charge >= 0.3 is 0 Å². The number of nitrogens with zero attached hydrogens (tertiary/aromatic N) is 3. The summed E-state index contributed by atoms with van der Waals surface area (Å²) in [5.74, 6) is 1.49. The molecule has 0 aliphatic rings. The summed E-state index contributed by atoms with van der Waals surface area (Å²) >= 11 is 1.69. The number of aryl methyl sites for hydroxylation is 3. The highest BCUT2D eigenvalue weighted by atomic mass is 32.1. The number of hydrogen-bond donors (Lipinski definition) is 1. The van der Waals surface area contributed by atoms with E-state index >= 15 is 0 Å². The van der Waals surface area contributed by atoms with Crippen LogP contribution in [-0.2, 0) is 0 Å². The number of benzene rings is 1. The van der Waals surface area contributed by atoms with Gasteiger partial charge in [0.2, 0.25) is 0 Å². The van der Waals surface area contributed by atoms with E-state index in [2.05, 4.69) is 34.1 Å². The lowest BCUT2D eigenvalue weighted by molar-refractivity contribution is 0.561. The monoisotopic (exact) mass is 310 g/mol. The Bertz CT molecular complexity index is 1000. The SMILES string of the molecule is Cc1nc2cc(Nc3ncnc4sc(C)c(C)c34)ccc2o1. The number of anilines is 2. The average molecular weight is 310 g/mol. The van der Waals surface area contributed by atoms with Crippen molar-refractivity contribution in [3.8, 4) is 0 Å².